The van der Waals surface area contributed by atoms with Crippen molar-refractivity contribution in [2.75, 3.05) is 10.8 Å². The van der Waals surface area contributed by atoms with E-state index in [1.54, 1.807) is 44.2 Å². The number of carbonyl (C=O) groups excluding carboxylic acids is 2. The maximum atomic E-state index is 13.8. The number of halogens is 5. The second-order valence-corrected chi connectivity index (χ2v) is 12.2. The molecule has 0 aliphatic rings. The van der Waals surface area contributed by atoms with Gasteiger partial charge in [-0.2, -0.15) is 13.2 Å². The fraction of sp³-hybridized carbons (Fsp3) is 0.286. The van der Waals surface area contributed by atoms with E-state index in [4.69, 9.17) is 23.2 Å². The van der Waals surface area contributed by atoms with Crippen molar-refractivity contribution in [2.45, 2.75) is 50.5 Å². The zero-order chi connectivity index (χ0) is 30.5. The average molecular weight is 631 g/mol. The Hall–Kier alpha value is -3.28. The molecule has 1 unspecified atom stereocenters. The third kappa shape index (κ3) is 8.15. The molecule has 2 amide bonds. The molecule has 0 radical (unpaired) electrons. The fourth-order valence-electron chi connectivity index (χ4n) is 3.91. The maximum Gasteiger partial charge on any atom is 0.417 e. The van der Waals surface area contributed by atoms with E-state index < -0.39 is 56.9 Å². The number of amides is 2. The zero-order valence-corrected chi connectivity index (χ0v) is 24.7. The lowest BCUT2D eigenvalue weighted by Gasteiger charge is -2.32. The normalized spacial score (nSPS) is 12.6. The van der Waals surface area contributed by atoms with Crippen LogP contribution in [0, 0.1) is 0 Å². The lowest BCUT2D eigenvalue weighted by Crippen LogP contribution is -2.52. The van der Waals surface area contributed by atoms with Gasteiger partial charge >= 0.3 is 6.18 Å². The highest BCUT2D eigenvalue weighted by Crippen LogP contribution is 2.38. The van der Waals surface area contributed by atoms with Crippen molar-refractivity contribution in [1.29, 1.82) is 0 Å². The minimum absolute atomic E-state index is 0.101. The van der Waals surface area contributed by atoms with Crippen LogP contribution in [0.4, 0.5) is 18.9 Å². The summed E-state index contributed by atoms with van der Waals surface area (Å²) in [7, 11) is -4.54. The lowest BCUT2D eigenvalue weighted by molar-refractivity contribution is -0.139. The predicted octanol–water partition coefficient (Wildman–Crippen LogP) is 6.15. The molecule has 1 N–H and O–H groups in total. The van der Waals surface area contributed by atoms with E-state index in [0.29, 0.717) is 21.0 Å². The van der Waals surface area contributed by atoms with Gasteiger partial charge in [-0.25, -0.2) is 8.42 Å². The van der Waals surface area contributed by atoms with Gasteiger partial charge in [0.25, 0.3) is 10.0 Å². The third-order valence-corrected chi connectivity index (χ3v) is 8.39. The van der Waals surface area contributed by atoms with Gasteiger partial charge in [-0.05, 0) is 68.8 Å². The molecule has 0 aliphatic heterocycles. The highest BCUT2D eigenvalue weighted by Gasteiger charge is 2.37. The van der Waals surface area contributed by atoms with Crippen LogP contribution in [0.1, 0.15) is 31.9 Å². The van der Waals surface area contributed by atoms with Gasteiger partial charge in [0.1, 0.15) is 12.6 Å². The summed E-state index contributed by atoms with van der Waals surface area (Å²) in [6, 6.07) is 14.7. The molecule has 0 aromatic heterocycles. The van der Waals surface area contributed by atoms with Crippen LogP contribution < -0.4 is 9.62 Å². The first-order valence-corrected chi connectivity index (χ1v) is 14.6. The first-order chi connectivity index (χ1) is 19.1. The fourth-order valence-corrected chi connectivity index (χ4v) is 5.69. The molecule has 7 nitrogen and oxygen atoms in total. The Balaban J connectivity index is 2.10. The van der Waals surface area contributed by atoms with Crippen molar-refractivity contribution < 1.29 is 31.2 Å². The van der Waals surface area contributed by atoms with Crippen LogP contribution in [-0.2, 0) is 32.3 Å². The highest BCUT2D eigenvalue weighted by molar-refractivity contribution is 7.92. The van der Waals surface area contributed by atoms with Crippen molar-refractivity contribution in [3.05, 3.63) is 94.0 Å². The van der Waals surface area contributed by atoms with Crippen molar-refractivity contribution in [1.82, 2.24) is 10.2 Å². The molecular weight excluding hydrogens is 602 g/mol. The van der Waals surface area contributed by atoms with Gasteiger partial charge in [-0.3, -0.25) is 13.9 Å². The number of nitrogens with one attached hydrogen (secondary N) is 1. The molecule has 3 rings (SSSR count). The second-order valence-electron chi connectivity index (χ2n) is 9.47. The SMILES string of the molecule is CC(C)NC(=O)C(C)N(Cc1ccc(Cl)cc1)C(=O)CN(c1ccc(Cl)c(C(F)(F)F)c1)S(=O)(=O)c1ccccc1. The summed E-state index contributed by atoms with van der Waals surface area (Å²) < 4.78 is 69.1. The first-order valence-electron chi connectivity index (χ1n) is 12.4. The first kappa shape index (κ1) is 32.2. The van der Waals surface area contributed by atoms with Gasteiger partial charge in [-0.15, -0.1) is 0 Å². The van der Waals surface area contributed by atoms with Gasteiger partial charge < -0.3 is 10.2 Å². The Kier molecular flexibility index (Phi) is 10.3. The summed E-state index contributed by atoms with van der Waals surface area (Å²) in [6.07, 6.45) is -4.89. The van der Waals surface area contributed by atoms with E-state index in [9.17, 15) is 31.2 Å². The molecule has 1 atom stereocenters. The molecule has 0 saturated carbocycles. The van der Waals surface area contributed by atoms with Crippen LogP contribution in [0.15, 0.2) is 77.7 Å². The van der Waals surface area contributed by atoms with E-state index in [1.807, 2.05) is 0 Å². The molecule has 13 heteroatoms. The summed E-state index contributed by atoms with van der Waals surface area (Å²) in [5, 5.41) is 2.53. The predicted molar refractivity (Wildman–Crippen MR) is 152 cm³/mol. The van der Waals surface area contributed by atoms with Crippen LogP contribution in [0.25, 0.3) is 0 Å². The third-order valence-electron chi connectivity index (χ3n) is 6.02. The largest absolute Gasteiger partial charge is 0.417 e. The van der Waals surface area contributed by atoms with Gasteiger partial charge in [0.05, 0.1) is 21.2 Å². The summed E-state index contributed by atoms with van der Waals surface area (Å²) in [5.41, 5.74) is -1.10. The molecule has 0 saturated heterocycles. The molecule has 220 valence electrons. The molecule has 3 aromatic rings. The summed E-state index contributed by atoms with van der Waals surface area (Å²) in [4.78, 5) is 27.7. The number of rotatable bonds is 10. The Morgan fingerprint density at radius 3 is 2.10 bits per heavy atom. The monoisotopic (exact) mass is 629 g/mol. The van der Waals surface area contributed by atoms with Gasteiger partial charge in [0, 0.05) is 17.6 Å². The minimum Gasteiger partial charge on any atom is -0.352 e. The number of alkyl halides is 3. The molecule has 0 heterocycles. The topological polar surface area (TPSA) is 86.8 Å². The number of nitrogens with zero attached hydrogens (tertiary/aromatic N) is 2. The van der Waals surface area contributed by atoms with Crippen LogP contribution >= 0.6 is 23.2 Å². The molecule has 3 aromatic carbocycles. The Morgan fingerprint density at radius 2 is 1.54 bits per heavy atom. The highest BCUT2D eigenvalue weighted by atomic mass is 35.5. The average Bonchev–Trinajstić information content (AvgIpc) is 2.90. The van der Waals surface area contributed by atoms with E-state index in [0.717, 1.165) is 17.0 Å². The second kappa shape index (κ2) is 13.1. The van der Waals surface area contributed by atoms with E-state index >= 15 is 0 Å². The van der Waals surface area contributed by atoms with Crippen molar-refractivity contribution >= 4 is 50.7 Å². The van der Waals surface area contributed by atoms with Gasteiger partial charge in [-0.1, -0.05) is 53.5 Å². The van der Waals surface area contributed by atoms with Crippen molar-refractivity contribution in [3.63, 3.8) is 0 Å². The molecule has 0 spiro atoms. The maximum absolute atomic E-state index is 13.8. The zero-order valence-electron chi connectivity index (χ0n) is 22.3. The van der Waals surface area contributed by atoms with Crippen LogP contribution in [0.2, 0.25) is 10.0 Å². The number of carbonyl (C=O) groups is 2. The smallest absolute Gasteiger partial charge is 0.352 e. The Labute approximate surface area is 246 Å². The molecular formula is C28H28Cl2F3N3O4S. The number of benzene rings is 3. The van der Waals surface area contributed by atoms with Crippen LogP contribution in [-0.4, -0.2) is 43.8 Å². The van der Waals surface area contributed by atoms with Crippen LogP contribution in [0.3, 0.4) is 0 Å². The van der Waals surface area contributed by atoms with Crippen molar-refractivity contribution in [3.8, 4) is 0 Å². The van der Waals surface area contributed by atoms with E-state index in [-0.39, 0.29) is 17.5 Å². The standard InChI is InChI=1S/C28H28Cl2F3N3O4S/c1-18(2)34-27(38)19(3)35(16-20-9-11-21(29)12-10-20)26(37)17-36(41(39,40)23-7-5-4-6-8-23)22-13-14-25(30)24(15-22)28(31,32)33/h4-15,18-19H,16-17H2,1-3H3,(H,34,38). The molecule has 0 aliphatic carbocycles. The van der Waals surface area contributed by atoms with E-state index in [1.165, 1.54) is 31.2 Å². The van der Waals surface area contributed by atoms with Gasteiger partial charge in [0.2, 0.25) is 11.8 Å². The number of hydrogen-bond acceptors (Lipinski definition) is 4. The van der Waals surface area contributed by atoms with E-state index in [2.05, 4.69) is 5.32 Å². The van der Waals surface area contributed by atoms with Crippen molar-refractivity contribution in [2.24, 2.45) is 0 Å². The molecule has 0 bridgehead atoms. The van der Waals surface area contributed by atoms with Crippen LogP contribution in [0.5, 0.6) is 0 Å². The minimum atomic E-state index is -4.89. The van der Waals surface area contributed by atoms with Gasteiger partial charge in [0.15, 0.2) is 0 Å². The number of anilines is 1. The summed E-state index contributed by atoms with van der Waals surface area (Å²) in [5.74, 6) is -1.32. The summed E-state index contributed by atoms with van der Waals surface area (Å²) in [6.45, 7) is 3.96. The Bertz CT molecular complexity index is 1490. The number of hydrogen-bond donors (Lipinski definition) is 1. The Morgan fingerprint density at radius 1 is 0.927 bits per heavy atom. The summed E-state index contributed by atoms with van der Waals surface area (Å²) >= 11 is 11.7. The lowest BCUT2D eigenvalue weighted by atomic mass is 10.1. The molecule has 41 heavy (non-hydrogen) atoms. The number of sulfonamides is 1. The molecule has 0 fully saturated rings. The quantitative estimate of drug-likeness (QED) is 0.291.